The molecule has 1 aromatic heterocycles. The number of rotatable bonds is 3. The van der Waals surface area contributed by atoms with Crippen LogP contribution in [0.1, 0.15) is 15.9 Å². The van der Waals surface area contributed by atoms with Crippen molar-refractivity contribution in [3.63, 3.8) is 0 Å². The van der Waals surface area contributed by atoms with Gasteiger partial charge in [-0.05, 0) is 30.7 Å². The number of hydrogen-bond donors (Lipinski definition) is 1. The molecule has 2 aliphatic heterocycles. The van der Waals surface area contributed by atoms with E-state index in [0.29, 0.717) is 18.7 Å². The number of nitrogens with zero attached hydrogens (tertiary/aromatic N) is 3. The molecule has 30 heavy (non-hydrogen) atoms. The van der Waals surface area contributed by atoms with Gasteiger partial charge in [-0.15, -0.1) is 0 Å². The summed E-state index contributed by atoms with van der Waals surface area (Å²) in [4.78, 5) is 35.0. The largest absolute Gasteiger partial charge is 0.368 e. The highest BCUT2D eigenvalue weighted by Crippen LogP contribution is 2.26. The Kier molecular flexibility index (Phi) is 4.69. The molecule has 0 saturated carbocycles. The number of fused-ring (bicyclic) bond motifs is 1. The number of benzene rings is 2. The number of piperazine rings is 1. The number of nitrogens with one attached hydrogen (secondary N) is 1. The number of carbonyl (C=O) groups is 2. The van der Waals surface area contributed by atoms with Crippen molar-refractivity contribution in [2.24, 2.45) is 5.92 Å². The molecule has 154 valence electrons. The fourth-order valence-electron chi connectivity index (χ4n) is 4.49. The molecule has 0 bridgehead atoms. The first-order chi connectivity index (χ1) is 14.6. The molecule has 0 radical (unpaired) electrons. The number of para-hydroxylation sites is 1. The summed E-state index contributed by atoms with van der Waals surface area (Å²) in [5.74, 6) is 0.104. The molecule has 3 heterocycles. The van der Waals surface area contributed by atoms with Gasteiger partial charge in [0.2, 0.25) is 5.91 Å². The van der Waals surface area contributed by atoms with Crippen LogP contribution in [-0.2, 0) is 4.79 Å². The van der Waals surface area contributed by atoms with Gasteiger partial charge >= 0.3 is 0 Å². The average molecular weight is 402 g/mol. The molecule has 5 rings (SSSR count). The van der Waals surface area contributed by atoms with Gasteiger partial charge < -0.3 is 19.7 Å². The molecule has 3 aromatic rings. The van der Waals surface area contributed by atoms with Gasteiger partial charge in [-0.25, -0.2) is 0 Å². The van der Waals surface area contributed by atoms with E-state index >= 15 is 0 Å². The van der Waals surface area contributed by atoms with Crippen molar-refractivity contribution >= 4 is 28.4 Å². The number of aryl methyl sites for hydroxylation is 1. The smallest absolute Gasteiger partial charge is 0.256 e. The molecule has 2 fully saturated rings. The Labute approximate surface area is 176 Å². The van der Waals surface area contributed by atoms with Gasteiger partial charge in [0.1, 0.15) is 0 Å². The van der Waals surface area contributed by atoms with Crippen LogP contribution in [0, 0.1) is 12.8 Å². The Hall–Kier alpha value is -3.28. The van der Waals surface area contributed by atoms with Gasteiger partial charge in [0.05, 0.1) is 11.5 Å². The van der Waals surface area contributed by atoms with E-state index in [1.54, 1.807) is 11.1 Å². The number of H-pyrrole nitrogens is 1. The summed E-state index contributed by atoms with van der Waals surface area (Å²) in [5.41, 5.74) is 4.12. The Morgan fingerprint density at radius 1 is 0.933 bits per heavy atom. The summed E-state index contributed by atoms with van der Waals surface area (Å²) in [6.45, 7) is 6.28. The van der Waals surface area contributed by atoms with Crippen LogP contribution in [0.3, 0.4) is 0 Å². The molecule has 0 aliphatic carbocycles. The fourth-order valence-corrected chi connectivity index (χ4v) is 4.49. The highest BCUT2D eigenvalue weighted by Gasteiger charge is 2.39. The molecule has 1 N–H and O–H groups in total. The number of amides is 2. The van der Waals surface area contributed by atoms with Crippen molar-refractivity contribution in [2.45, 2.75) is 6.92 Å². The lowest BCUT2D eigenvalue weighted by atomic mass is 9.96. The molecule has 2 aromatic carbocycles. The predicted molar refractivity (Wildman–Crippen MR) is 118 cm³/mol. The lowest BCUT2D eigenvalue weighted by Crippen LogP contribution is -2.59. The topological polar surface area (TPSA) is 59.6 Å². The first-order valence-corrected chi connectivity index (χ1v) is 10.6. The number of likely N-dealkylation sites (tertiary alicyclic amines) is 1. The first-order valence-electron chi connectivity index (χ1n) is 10.6. The lowest BCUT2D eigenvalue weighted by Gasteiger charge is -2.43. The standard InChI is InChI=1S/C24H26N4O2/c1-17-5-4-6-19(13-17)26-9-11-27(12-10-26)23(29)18-15-28(16-18)24(30)21-14-25-22-8-3-2-7-20(21)22/h2-8,13-14,18,25H,9-12,15-16H2,1H3. The summed E-state index contributed by atoms with van der Waals surface area (Å²) >= 11 is 0. The van der Waals surface area contributed by atoms with Crippen molar-refractivity contribution in [3.05, 3.63) is 65.9 Å². The summed E-state index contributed by atoms with van der Waals surface area (Å²) in [5, 5.41) is 0.935. The molecule has 0 atom stereocenters. The average Bonchev–Trinajstić information content (AvgIpc) is 3.17. The van der Waals surface area contributed by atoms with E-state index in [0.717, 1.165) is 37.1 Å². The Morgan fingerprint density at radius 2 is 1.70 bits per heavy atom. The minimum atomic E-state index is -0.0790. The molecule has 2 amide bonds. The second-order valence-electron chi connectivity index (χ2n) is 8.31. The number of aromatic amines is 1. The number of hydrogen-bond acceptors (Lipinski definition) is 3. The summed E-state index contributed by atoms with van der Waals surface area (Å²) in [6.07, 6.45) is 1.77. The number of anilines is 1. The predicted octanol–water partition coefficient (Wildman–Crippen LogP) is 2.90. The van der Waals surface area contributed by atoms with Crippen LogP contribution in [0.25, 0.3) is 10.9 Å². The van der Waals surface area contributed by atoms with Crippen LogP contribution >= 0.6 is 0 Å². The third kappa shape index (κ3) is 3.32. The molecule has 6 heteroatoms. The van der Waals surface area contributed by atoms with Gasteiger partial charge in [0.15, 0.2) is 0 Å². The number of carbonyl (C=O) groups excluding carboxylic acids is 2. The molecular formula is C24H26N4O2. The highest BCUT2D eigenvalue weighted by atomic mass is 16.2. The third-order valence-electron chi connectivity index (χ3n) is 6.30. The highest BCUT2D eigenvalue weighted by molar-refractivity contribution is 6.07. The van der Waals surface area contributed by atoms with Crippen LogP contribution in [0.2, 0.25) is 0 Å². The second kappa shape index (κ2) is 7.52. The van der Waals surface area contributed by atoms with Gasteiger partial charge in [-0.3, -0.25) is 9.59 Å². The van der Waals surface area contributed by atoms with E-state index in [2.05, 4.69) is 41.1 Å². The second-order valence-corrected chi connectivity index (χ2v) is 8.31. The summed E-state index contributed by atoms with van der Waals surface area (Å²) < 4.78 is 0. The van der Waals surface area contributed by atoms with Crippen molar-refractivity contribution in [3.8, 4) is 0 Å². The van der Waals surface area contributed by atoms with E-state index in [1.807, 2.05) is 29.2 Å². The molecule has 2 aliphatic rings. The van der Waals surface area contributed by atoms with Crippen molar-refractivity contribution in [1.82, 2.24) is 14.8 Å². The monoisotopic (exact) mass is 402 g/mol. The van der Waals surface area contributed by atoms with Crippen LogP contribution in [0.15, 0.2) is 54.7 Å². The summed E-state index contributed by atoms with van der Waals surface area (Å²) in [7, 11) is 0. The Balaban J connectivity index is 1.16. The van der Waals surface area contributed by atoms with E-state index in [-0.39, 0.29) is 17.7 Å². The molecule has 6 nitrogen and oxygen atoms in total. The maximum atomic E-state index is 12.9. The zero-order valence-corrected chi connectivity index (χ0v) is 17.2. The van der Waals surface area contributed by atoms with E-state index in [4.69, 9.17) is 0 Å². The number of aromatic nitrogens is 1. The minimum absolute atomic E-state index is 0.000710. The Morgan fingerprint density at radius 3 is 2.47 bits per heavy atom. The zero-order chi connectivity index (χ0) is 20.7. The minimum Gasteiger partial charge on any atom is -0.368 e. The Bertz CT molecular complexity index is 1090. The van der Waals surface area contributed by atoms with Gasteiger partial charge in [-0.1, -0.05) is 30.3 Å². The van der Waals surface area contributed by atoms with E-state index in [1.165, 1.54) is 11.3 Å². The van der Waals surface area contributed by atoms with Crippen LogP contribution < -0.4 is 4.90 Å². The zero-order valence-electron chi connectivity index (χ0n) is 17.2. The van der Waals surface area contributed by atoms with Crippen LogP contribution in [0.4, 0.5) is 5.69 Å². The fraction of sp³-hybridized carbons (Fsp3) is 0.333. The maximum absolute atomic E-state index is 12.9. The lowest BCUT2D eigenvalue weighted by molar-refractivity contribution is -0.140. The SMILES string of the molecule is Cc1cccc(N2CCN(C(=O)C3CN(C(=O)c4c[nH]c5ccccc45)C3)CC2)c1. The molecule has 0 spiro atoms. The van der Waals surface area contributed by atoms with Gasteiger partial charge in [0, 0.05) is 62.1 Å². The normalized spacial score (nSPS) is 17.3. The van der Waals surface area contributed by atoms with Crippen molar-refractivity contribution < 1.29 is 9.59 Å². The van der Waals surface area contributed by atoms with Crippen LogP contribution in [-0.4, -0.2) is 65.9 Å². The molecule has 0 unspecified atom stereocenters. The summed E-state index contributed by atoms with van der Waals surface area (Å²) in [6, 6.07) is 16.3. The quantitative estimate of drug-likeness (QED) is 0.733. The van der Waals surface area contributed by atoms with E-state index < -0.39 is 0 Å². The van der Waals surface area contributed by atoms with Crippen LogP contribution in [0.5, 0.6) is 0 Å². The van der Waals surface area contributed by atoms with E-state index in [9.17, 15) is 9.59 Å². The van der Waals surface area contributed by atoms with Crippen molar-refractivity contribution in [1.29, 1.82) is 0 Å². The maximum Gasteiger partial charge on any atom is 0.256 e. The third-order valence-corrected chi connectivity index (χ3v) is 6.30. The molecular weight excluding hydrogens is 376 g/mol. The molecule has 2 saturated heterocycles. The van der Waals surface area contributed by atoms with Crippen molar-refractivity contribution in [2.75, 3.05) is 44.2 Å². The first kappa shape index (κ1) is 18.7. The van der Waals surface area contributed by atoms with Gasteiger partial charge in [-0.2, -0.15) is 0 Å². The van der Waals surface area contributed by atoms with Gasteiger partial charge in [0.25, 0.3) is 5.91 Å².